The molecule has 16 heavy (non-hydrogen) atoms. The second-order valence-corrected chi connectivity index (χ2v) is 5.10. The third-order valence-electron chi connectivity index (χ3n) is 2.29. The number of Topliss-reactive ketones (excluding diaryl/α,β-unsaturated/α-hetero) is 1. The Hall–Kier alpha value is -0.410. The van der Waals surface area contributed by atoms with E-state index in [1.54, 1.807) is 12.1 Å². The molecule has 0 bridgehead atoms. The summed E-state index contributed by atoms with van der Waals surface area (Å²) in [4.78, 5) is 11.2. The number of alkyl halides is 1. The van der Waals surface area contributed by atoms with E-state index in [0.717, 1.165) is 6.42 Å². The molecule has 1 aromatic carbocycles. The van der Waals surface area contributed by atoms with Crippen LogP contribution in [0.1, 0.15) is 25.3 Å². The van der Waals surface area contributed by atoms with Crippen LogP contribution in [0, 0.1) is 5.82 Å². The molecule has 0 spiro atoms. The number of ketones is 1. The predicted molar refractivity (Wildman–Crippen MR) is 67.7 cm³/mol. The first kappa shape index (κ1) is 13.7. The van der Waals surface area contributed by atoms with E-state index in [4.69, 9.17) is 11.6 Å². The lowest BCUT2D eigenvalue weighted by Crippen LogP contribution is -2.17. The summed E-state index contributed by atoms with van der Waals surface area (Å²) >= 11 is 9.16. The third kappa shape index (κ3) is 3.56. The van der Waals surface area contributed by atoms with Gasteiger partial charge in [-0.3, -0.25) is 4.79 Å². The van der Waals surface area contributed by atoms with Crippen LogP contribution < -0.4 is 0 Å². The first-order valence-electron chi connectivity index (χ1n) is 5.16. The minimum Gasteiger partial charge on any atom is -0.298 e. The Morgan fingerprint density at radius 1 is 1.56 bits per heavy atom. The van der Waals surface area contributed by atoms with Crippen molar-refractivity contribution in [2.75, 3.05) is 0 Å². The molecular formula is C12H13BrClFO. The largest absolute Gasteiger partial charge is 0.298 e. The lowest BCUT2D eigenvalue weighted by Gasteiger charge is -2.10. The zero-order valence-electron chi connectivity index (χ0n) is 8.97. The van der Waals surface area contributed by atoms with E-state index in [0.29, 0.717) is 23.4 Å². The van der Waals surface area contributed by atoms with Crippen LogP contribution >= 0.6 is 27.5 Å². The second kappa shape index (κ2) is 6.36. The maximum absolute atomic E-state index is 13.4. The topological polar surface area (TPSA) is 17.1 Å². The Balaban J connectivity index is 2.76. The Kier molecular flexibility index (Phi) is 5.42. The molecule has 0 aliphatic rings. The third-order valence-corrected chi connectivity index (χ3v) is 3.48. The fourth-order valence-corrected chi connectivity index (χ4v) is 2.22. The Morgan fingerprint density at radius 2 is 2.25 bits per heavy atom. The van der Waals surface area contributed by atoms with Gasteiger partial charge in [0.1, 0.15) is 11.6 Å². The summed E-state index contributed by atoms with van der Waals surface area (Å²) in [6, 6.07) is 4.54. The van der Waals surface area contributed by atoms with Crippen molar-refractivity contribution in [3.63, 3.8) is 0 Å². The van der Waals surface area contributed by atoms with E-state index in [-0.39, 0.29) is 16.4 Å². The Labute approximate surface area is 108 Å². The standard InChI is InChI=1S/C12H13BrClFO/c1-2-4-12(16)9(13)7-8-10(14)5-3-6-11(8)15/h3,5-6,9H,2,4,7H2,1H3. The molecule has 0 aliphatic heterocycles. The summed E-state index contributed by atoms with van der Waals surface area (Å²) in [5, 5.41) is 0.369. The first-order valence-corrected chi connectivity index (χ1v) is 6.45. The molecule has 0 fully saturated rings. The molecule has 0 aliphatic carbocycles. The van der Waals surface area contributed by atoms with Crippen molar-refractivity contribution < 1.29 is 9.18 Å². The Bertz CT molecular complexity index is 361. The lowest BCUT2D eigenvalue weighted by molar-refractivity contribution is -0.118. The normalized spacial score (nSPS) is 12.5. The molecule has 1 unspecified atom stereocenters. The molecule has 0 saturated carbocycles. The highest BCUT2D eigenvalue weighted by Crippen LogP contribution is 2.23. The SMILES string of the molecule is CCCC(=O)C(Br)Cc1c(F)cccc1Cl. The van der Waals surface area contributed by atoms with E-state index in [1.807, 2.05) is 6.92 Å². The van der Waals surface area contributed by atoms with Crippen LogP contribution in [0.4, 0.5) is 4.39 Å². The van der Waals surface area contributed by atoms with Crippen molar-refractivity contribution in [3.8, 4) is 0 Å². The fourth-order valence-electron chi connectivity index (χ4n) is 1.42. The molecule has 4 heteroatoms. The van der Waals surface area contributed by atoms with Crippen molar-refractivity contribution in [2.24, 2.45) is 0 Å². The van der Waals surface area contributed by atoms with Crippen LogP contribution in [0.15, 0.2) is 18.2 Å². The van der Waals surface area contributed by atoms with Gasteiger partial charge in [0.05, 0.1) is 4.83 Å². The molecule has 1 nitrogen and oxygen atoms in total. The summed E-state index contributed by atoms with van der Waals surface area (Å²) in [5.74, 6) is -0.275. The minimum atomic E-state index is -0.360. The summed E-state index contributed by atoms with van der Waals surface area (Å²) < 4.78 is 13.4. The highest BCUT2D eigenvalue weighted by atomic mass is 79.9. The van der Waals surface area contributed by atoms with Gasteiger partial charge < -0.3 is 0 Å². The number of hydrogen-bond acceptors (Lipinski definition) is 1. The van der Waals surface area contributed by atoms with Gasteiger partial charge in [-0.1, -0.05) is 40.5 Å². The van der Waals surface area contributed by atoms with Crippen molar-refractivity contribution in [3.05, 3.63) is 34.6 Å². The van der Waals surface area contributed by atoms with Gasteiger partial charge in [-0.15, -0.1) is 0 Å². The van der Waals surface area contributed by atoms with Crippen molar-refractivity contribution in [1.82, 2.24) is 0 Å². The van der Waals surface area contributed by atoms with E-state index in [2.05, 4.69) is 15.9 Å². The lowest BCUT2D eigenvalue weighted by atomic mass is 10.0. The maximum Gasteiger partial charge on any atom is 0.146 e. The van der Waals surface area contributed by atoms with Gasteiger partial charge >= 0.3 is 0 Å². The van der Waals surface area contributed by atoms with Gasteiger partial charge in [0.25, 0.3) is 0 Å². The number of rotatable bonds is 5. The molecule has 1 rings (SSSR count). The van der Waals surface area contributed by atoms with Crippen LogP contribution in [-0.2, 0) is 11.2 Å². The first-order chi connectivity index (χ1) is 7.56. The van der Waals surface area contributed by atoms with Crippen LogP contribution in [0.5, 0.6) is 0 Å². The molecule has 0 aromatic heterocycles. The molecule has 1 aromatic rings. The van der Waals surface area contributed by atoms with Crippen LogP contribution in [0.3, 0.4) is 0 Å². The quantitative estimate of drug-likeness (QED) is 0.747. The van der Waals surface area contributed by atoms with Crippen LogP contribution in [0.2, 0.25) is 5.02 Å². The number of carbonyl (C=O) groups excluding carboxylic acids is 1. The zero-order chi connectivity index (χ0) is 12.1. The maximum atomic E-state index is 13.4. The molecule has 1 atom stereocenters. The number of benzene rings is 1. The summed E-state index contributed by atoms with van der Waals surface area (Å²) in [6.07, 6.45) is 1.60. The van der Waals surface area contributed by atoms with Gasteiger partial charge in [0, 0.05) is 17.0 Å². The second-order valence-electron chi connectivity index (χ2n) is 3.59. The molecule has 0 radical (unpaired) electrons. The van der Waals surface area contributed by atoms with Crippen LogP contribution in [0.25, 0.3) is 0 Å². The van der Waals surface area contributed by atoms with Gasteiger partial charge in [0.2, 0.25) is 0 Å². The van der Waals surface area contributed by atoms with E-state index in [9.17, 15) is 9.18 Å². The fraction of sp³-hybridized carbons (Fsp3) is 0.417. The molecular weight excluding hydrogens is 294 g/mol. The highest BCUT2D eigenvalue weighted by Gasteiger charge is 2.18. The zero-order valence-corrected chi connectivity index (χ0v) is 11.3. The monoisotopic (exact) mass is 306 g/mol. The summed E-state index contributed by atoms with van der Waals surface area (Å²) in [6.45, 7) is 1.94. The number of carbonyl (C=O) groups is 1. The van der Waals surface area contributed by atoms with E-state index >= 15 is 0 Å². The molecule has 88 valence electrons. The van der Waals surface area contributed by atoms with Gasteiger partial charge in [0.15, 0.2) is 0 Å². The predicted octanol–water partition coefficient (Wildman–Crippen LogP) is 4.15. The summed E-state index contributed by atoms with van der Waals surface area (Å²) in [5.41, 5.74) is 0.399. The molecule has 0 amide bonds. The minimum absolute atomic E-state index is 0.0850. The van der Waals surface area contributed by atoms with Crippen molar-refractivity contribution >= 4 is 33.3 Å². The highest BCUT2D eigenvalue weighted by molar-refractivity contribution is 9.10. The van der Waals surface area contributed by atoms with E-state index < -0.39 is 0 Å². The number of halogens is 3. The average molecular weight is 308 g/mol. The van der Waals surface area contributed by atoms with E-state index in [1.165, 1.54) is 6.07 Å². The van der Waals surface area contributed by atoms with Gasteiger partial charge in [-0.05, 0) is 25.0 Å². The summed E-state index contributed by atoms with van der Waals surface area (Å²) in [7, 11) is 0. The Morgan fingerprint density at radius 3 is 2.81 bits per heavy atom. The molecule has 0 N–H and O–H groups in total. The van der Waals surface area contributed by atoms with Gasteiger partial charge in [-0.25, -0.2) is 4.39 Å². The van der Waals surface area contributed by atoms with Crippen molar-refractivity contribution in [1.29, 1.82) is 0 Å². The van der Waals surface area contributed by atoms with Crippen LogP contribution in [-0.4, -0.2) is 10.6 Å². The smallest absolute Gasteiger partial charge is 0.146 e. The van der Waals surface area contributed by atoms with Crippen molar-refractivity contribution in [2.45, 2.75) is 31.0 Å². The molecule has 0 heterocycles. The number of hydrogen-bond donors (Lipinski definition) is 0. The average Bonchev–Trinajstić information content (AvgIpc) is 2.23. The molecule has 0 saturated heterocycles. The van der Waals surface area contributed by atoms with Gasteiger partial charge in [-0.2, -0.15) is 0 Å².